The SMILES string of the molecule is COC(=O)[C@H](Cc1cnc[nH]1)Nc1ncnc(OCc2cccc(-c3ccccc3)c2C)n1. The highest BCUT2D eigenvalue weighted by Gasteiger charge is 2.21. The lowest BCUT2D eigenvalue weighted by Crippen LogP contribution is -2.33. The van der Waals surface area contributed by atoms with Crippen molar-refractivity contribution >= 4 is 11.9 Å². The molecular weight excluding hydrogens is 420 g/mol. The van der Waals surface area contributed by atoms with Gasteiger partial charge in [0.25, 0.3) is 0 Å². The molecule has 0 bridgehead atoms. The van der Waals surface area contributed by atoms with Gasteiger partial charge < -0.3 is 19.8 Å². The highest BCUT2D eigenvalue weighted by molar-refractivity contribution is 5.78. The minimum atomic E-state index is -0.699. The number of hydrogen-bond acceptors (Lipinski definition) is 8. The summed E-state index contributed by atoms with van der Waals surface area (Å²) in [5, 5.41) is 2.98. The Kier molecular flexibility index (Phi) is 6.89. The molecule has 9 nitrogen and oxygen atoms in total. The fourth-order valence-corrected chi connectivity index (χ4v) is 3.44. The number of imidazole rings is 1. The molecule has 2 heterocycles. The minimum absolute atomic E-state index is 0.155. The van der Waals surface area contributed by atoms with Crippen LogP contribution in [0, 0.1) is 6.92 Å². The van der Waals surface area contributed by atoms with Gasteiger partial charge >= 0.3 is 12.0 Å². The highest BCUT2D eigenvalue weighted by atomic mass is 16.5. The summed E-state index contributed by atoms with van der Waals surface area (Å²) in [5.74, 6) is -0.231. The van der Waals surface area contributed by atoms with Gasteiger partial charge in [-0.05, 0) is 29.2 Å². The van der Waals surface area contributed by atoms with E-state index in [1.807, 2.05) is 30.3 Å². The van der Waals surface area contributed by atoms with Gasteiger partial charge in [0.2, 0.25) is 5.95 Å². The predicted molar refractivity (Wildman–Crippen MR) is 122 cm³/mol. The van der Waals surface area contributed by atoms with E-state index in [1.54, 1.807) is 12.5 Å². The molecule has 0 aliphatic carbocycles. The third-order valence-corrected chi connectivity index (χ3v) is 5.21. The molecule has 0 spiro atoms. The number of nitrogens with zero attached hydrogens (tertiary/aromatic N) is 4. The van der Waals surface area contributed by atoms with Crippen LogP contribution < -0.4 is 10.1 Å². The lowest BCUT2D eigenvalue weighted by atomic mass is 9.97. The fourth-order valence-electron chi connectivity index (χ4n) is 3.44. The lowest BCUT2D eigenvalue weighted by molar-refractivity contribution is -0.141. The largest absolute Gasteiger partial charge is 0.467 e. The first-order chi connectivity index (χ1) is 16.1. The average Bonchev–Trinajstić information content (AvgIpc) is 3.36. The van der Waals surface area contributed by atoms with Crippen molar-refractivity contribution in [2.45, 2.75) is 26.0 Å². The van der Waals surface area contributed by atoms with Crippen LogP contribution in [0.1, 0.15) is 16.8 Å². The van der Waals surface area contributed by atoms with Crippen LogP contribution in [-0.4, -0.2) is 44.0 Å². The van der Waals surface area contributed by atoms with E-state index >= 15 is 0 Å². The van der Waals surface area contributed by atoms with Crippen LogP contribution >= 0.6 is 0 Å². The molecule has 4 rings (SSSR count). The molecule has 0 aliphatic heterocycles. The zero-order valence-corrected chi connectivity index (χ0v) is 18.4. The Hall–Kier alpha value is -4.27. The van der Waals surface area contributed by atoms with Gasteiger partial charge in [-0.1, -0.05) is 48.5 Å². The van der Waals surface area contributed by atoms with E-state index in [2.05, 4.69) is 55.4 Å². The Balaban J connectivity index is 1.46. The van der Waals surface area contributed by atoms with E-state index in [0.29, 0.717) is 13.0 Å². The standard InChI is InChI=1S/C24H24N6O3/c1-16-18(9-6-10-20(16)17-7-4-3-5-8-17)13-33-24-28-15-27-23(30-24)29-21(22(31)32-2)11-19-12-25-14-26-19/h3-10,12,14-15,21H,11,13H2,1-2H3,(H,25,26)(H,27,28,29,30)/t21-/m0/s1. The van der Waals surface area contributed by atoms with E-state index in [0.717, 1.165) is 27.9 Å². The van der Waals surface area contributed by atoms with Crippen molar-refractivity contribution < 1.29 is 14.3 Å². The number of methoxy groups -OCH3 is 1. The van der Waals surface area contributed by atoms with Gasteiger partial charge in [-0.2, -0.15) is 9.97 Å². The summed E-state index contributed by atoms with van der Waals surface area (Å²) in [4.78, 5) is 31.6. The monoisotopic (exact) mass is 444 g/mol. The molecule has 0 saturated carbocycles. The Morgan fingerprint density at radius 3 is 2.73 bits per heavy atom. The summed E-state index contributed by atoms with van der Waals surface area (Å²) in [6.07, 6.45) is 4.86. The van der Waals surface area contributed by atoms with Crippen LogP contribution in [0.5, 0.6) is 6.01 Å². The Morgan fingerprint density at radius 2 is 1.97 bits per heavy atom. The number of esters is 1. The number of rotatable bonds is 9. The van der Waals surface area contributed by atoms with E-state index in [1.165, 1.54) is 13.4 Å². The van der Waals surface area contributed by atoms with Crippen LogP contribution in [0.25, 0.3) is 11.1 Å². The van der Waals surface area contributed by atoms with E-state index in [9.17, 15) is 4.79 Å². The molecule has 0 fully saturated rings. The second kappa shape index (κ2) is 10.4. The van der Waals surface area contributed by atoms with Gasteiger partial charge in [-0.15, -0.1) is 0 Å². The fraction of sp³-hybridized carbons (Fsp3) is 0.208. The maximum Gasteiger partial charge on any atom is 0.328 e. The van der Waals surface area contributed by atoms with Crippen LogP contribution in [0.2, 0.25) is 0 Å². The molecule has 1 atom stereocenters. The molecule has 2 aromatic heterocycles. The molecule has 0 radical (unpaired) electrons. The molecule has 0 unspecified atom stereocenters. The lowest BCUT2D eigenvalue weighted by Gasteiger charge is -2.16. The van der Waals surface area contributed by atoms with Crippen molar-refractivity contribution in [2.24, 2.45) is 0 Å². The zero-order chi connectivity index (χ0) is 23.0. The van der Waals surface area contributed by atoms with Crippen LogP contribution in [0.3, 0.4) is 0 Å². The number of carbonyl (C=O) groups excluding carboxylic acids is 1. The van der Waals surface area contributed by atoms with Gasteiger partial charge in [-0.25, -0.2) is 14.8 Å². The number of nitrogens with one attached hydrogen (secondary N) is 2. The van der Waals surface area contributed by atoms with Gasteiger partial charge in [0, 0.05) is 18.3 Å². The quantitative estimate of drug-likeness (QED) is 0.378. The second-order valence-electron chi connectivity index (χ2n) is 7.34. The number of hydrogen-bond donors (Lipinski definition) is 2. The molecule has 0 saturated heterocycles. The van der Waals surface area contributed by atoms with Gasteiger partial charge in [0.1, 0.15) is 19.0 Å². The molecule has 168 valence electrons. The Labute approximate surface area is 191 Å². The van der Waals surface area contributed by atoms with Crippen molar-refractivity contribution in [1.29, 1.82) is 0 Å². The van der Waals surface area contributed by atoms with E-state index in [4.69, 9.17) is 9.47 Å². The van der Waals surface area contributed by atoms with Crippen molar-refractivity contribution in [1.82, 2.24) is 24.9 Å². The summed E-state index contributed by atoms with van der Waals surface area (Å²) in [7, 11) is 1.33. The van der Waals surface area contributed by atoms with Crippen LogP contribution in [-0.2, 0) is 22.6 Å². The number of H-pyrrole nitrogens is 1. The average molecular weight is 444 g/mol. The van der Waals surface area contributed by atoms with E-state index < -0.39 is 12.0 Å². The van der Waals surface area contributed by atoms with Gasteiger partial charge in [0.15, 0.2) is 0 Å². The number of ether oxygens (including phenoxy) is 2. The molecule has 4 aromatic rings. The van der Waals surface area contributed by atoms with Crippen molar-refractivity contribution in [3.63, 3.8) is 0 Å². The Bertz CT molecular complexity index is 1200. The van der Waals surface area contributed by atoms with Crippen molar-refractivity contribution in [3.05, 3.63) is 84.2 Å². The first kappa shape index (κ1) is 21.9. The molecule has 2 aromatic carbocycles. The number of aromatic amines is 1. The maximum atomic E-state index is 12.2. The molecule has 2 N–H and O–H groups in total. The first-order valence-corrected chi connectivity index (χ1v) is 10.4. The third-order valence-electron chi connectivity index (χ3n) is 5.21. The summed E-state index contributed by atoms with van der Waals surface area (Å²) < 4.78 is 10.7. The Morgan fingerprint density at radius 1 is 1.12 bits per heavy atom. The van der Waals surface area contributed by atoms with Crippen LogP contribution in [0.15, 0.2) is 67.4 Å². The highest BCUT2D eigenvalue weighted by Crippen LogP contribution is 2.26. The van der Waals surface area contributed by atoms with Crippen molar-refractivity contribution in [2.75, 3.05) is 12.4 Å². The maximum absolute atomic E-state index is 12.2. The summed E-state index contributed by atoms with van der Waals surface area (Å²) >= 11 is 0. The zero-order valence-electron chi connectivity index (χ0n) is 18.4. The van der Waals surface area contributed by atoms with Crippen LogP contribution in [0.4, 0.5) is 5.95 Å². The van der Waals surface area contributed by atoms with Gasteiger partial charge in [0.05, 0.1) is 13.4 Å². The molecule has 0 aliphatic rings. The molecular formula is C24H24N6O3. The number of aromatic nitrogens is 5. The number of carbonyl (C=O) groups is 1. The molecule has 0 amide bonds. The summed E-state index contributed by atoms with van der Waals surface area (Å²) in [6, 6.07) is 15.8. The minimum Gasteiger partial charge on any atom is -0.467 e. The smallest absolute Gasteiger partial charge is 0.328 e. The number of benzene rings is 2. The van der Waals surface area contributed by atoms with Crippen molar-refractivity contribution in [3.8, 4) is 17.1 Å². The predicted octanol–water partition coefficient (Wildman–Crippen LogP) is 3.35. The second-order valence-corrected chi connectivity index (χ2v) is 7.34. The first-order valence-electron chi connectivity index (χ1n) is 10.4. The summed E-state index contributed by atoms with van der Waals surface area (Å²) in [5.41, 5.74) is 5.22. The molecule has 9 heteroatoms. The number of anilines is 1. The summed E-state index contributed by atoms with van der Waals surface area (Å²) in [6.45, 7) is 2.36. The molecule has 33 heavy (non-hydrogen) atoms. The topological polar surface area (TPSA) is 115 Å². The van der Waals surface area contributed by atoms with Gasteiger partial charge in [-0.3, -0.25) is 0 Å². The third kappa shape index (κ3) is 5.51. The normalized spacial score (nSPS) is 11.6. The van der Waals surface area contributed by atoms with E-state index in [-0.39, 0.29) is 12.0 Å².